The topological polar surface area (TPSA) is 37.2 Å². The fourth-order valence-electron chi connectivity index (χ4n) is 4.33. The Kier molecular flexibility index (Phi) is 4.07. The summed E-state index contributed by atoms with van der Waals surface area (Å²) in [5.74, 6) is 1.94. The fourth-order valence-corrected chi connectivity index (χ4v) is 4.33. The lowest BCUT2D eigenvalue weighted by molar-refractivity contribution is 0.191. The van der Waals surface area contributed by atoms with Gasteiger partial charge >= 0.3 is 0 Å². The zero-order valence-electron chi connectivity index (χ0n) is 14.3. The highest BCUT2D eigenvalue weighted by Crippen LogP contribution is 2.32. The molecule has 5 heteroatoms. The van der Waals surface area contributed by atoms with Crippen LogP contribution in [0.4, 0.5) is 0 Å². The van der Waals surface area contributed by atoms with E-state index in [1.54, 1.807) is 0 Å². The average Bonchev–Trinajstić information content (AvgIpc) is 3.11. The molecule has 0 N–H and O–H groups in total. The van der Waals surface area contributed by atoms with Crippen molar-refractivity contribution >= 4 is 11.2 Å². The first kappa shape index (κ1) is 15.1. The average molecular weight is 313 g/mol. The Morgan fingerprint density at radius 3 is 2.83 bits per heavy atom. The van der Waals surface area contributed by atoms with E-state index in [4.69, 9.17) is 4.98 Å². The van der Waals surface area contributed by atoms with Gasteiger partial charge in [-0.1, -0.05) is 0 Å². The molecular formula is C18H27N5. The van der Waals surface area contributed by atoms with Crippen molar-refractivity contribution in [2.75, 3.05) is 33.7 Å². The Bertz CT molecular complexity index is 679. The molecule has 0 aliphatic carbocycles. The largest absolute Gasteiger partial charge is 0.311 e. The number of pyridine rings is 1. The number of rotatable bonds is 3. The zero-order valence-corrected chi connectivity index (χ0v) is 14.3. The lowest BCUT2D eigenvalue weighted by Gasteiger charge is -2.31. The predicted octanol–water partition coefficient (Wildman–Crippen LogP) is 2.54. The van der Waals surface area contributed by atoms with Crippen molar-refractivity contribution in [3.05, 3.63) is 24.2 Å². The lowest BCUT2D eigenvalue weighted by atomic mass is 9.98. The van der Waals surface area contributed by atoms with E-state index in [-0.39, 0.29) is 0 Å². The molecule has 2 aliphatic rings. The first-order chi connectivity index (χ1) is 11.2. The molecule has 2 saturated heterocycles. The van der Waals surface area contributed by atoms with Crippen LogP contribution in [0, 0.1) is 5.92 Å². The van der Waals surface area contributed by atoms with E-state index >= 15 is 0 Å². The van der Waals surface area contributed by atoms with Crippen LogP contribution >= 0.6 is 0 Å². The number of aromatic nitrogens is 3. The van der Waals surface area contributed by atoms with Crippen molar-refractivity contribution in [1.29, 1.82) is 0 Å². The van der Waals surface area contributed by atoms with Crippen LogP contribution in [0.25, 0.3) is 11.2 Å². The molecule has 2 aromatic rings. The summed E-state index contributed by atoms with van der Waals surface area (Å²) in [5.41, 5.74) is 2.11. The van der Waals surface area contributed by atoms with Gasteiger partial charge in [0.1, 0.15) is 11.3 Å². The molecule has 4 heterocycles. The Balaban J connectivity index is 1.70. The van der Waals surface area contributed by atoms with Crippen LogP contribution < -0.4 is 0 Å². The van der Waals surface area contributed by atoms with Crippen molar-refractivity contribution in [3.63, 3.8) is 0 Å². The maximum atomic E-state index is 4.97. The van der Waals surface area contributed by atoms with Crippen LogP contribution in [0.15, 0.2) is 18.3 Å². The van der Waals surface area contributed by atoms with Crippen molar-refractivity contribution in [2.24, 2.45) is 5.92 Å². The Morgan fingerprint density at radius 2 is 2.04 bits per heavy atom. The maximum Gasteiger partial charge on any atom is 0.160 e. The van der Waals surface area contributed by atoms with Gasteiger partial charge in [-0.3, -0.25) is 4.90 Å². The summed E-state index contributed by atoms with van der Waals surface area (Å²) >= 11 is 0. The highest BCUT2D eigenvalue weighted by Gasteiger charge is 2.29. The van der Waals surface area contributed by atoms with Crippen LogP contribution in [0.5, 0.6) is 0 Å². The monoisotopic (exact) mass is 313 g/mol. The minimum atomic E-state index is 0.450. The van der Waals surface area contributed by atoms with E-state index in [1.165, 1.54) is 51.1 Å². The number of imidazole rings is 1. The van der Waals surface area contributed by atoms with Crippen molar-refractivity contribution in [1.82, 2.24) is 24.3 Å². The maximum absolute atomic E-state index is 4.97. The van der Waals surface area contributed by atoms with Gasteiger partial charge in [-0.25, -0.2) is 9.97 Å². The Labute approximate surface area is 138 Å². The predicted molar refractivity (Wildman–Crippen MR) is 92.4 cm³/mol. The molecule has 2 aliphatic heterocycles. The molecule has 0 spiro atoms. The molecule has 124 valence electrons. The number of likely N-dealkylation sites (tertiary alicyclic amines) is 2. The van der Waals surface area contributed by atoms with Gasteiger partial charge in [0.15, 0.2) is 5.65 Å². The van der Waals surface area contributed by atoms with Crippen LogP contribution in [-0.4, -0.2) is 58.1 Å². The van der Waals surface area contributed by atoms with Gasteiger partial charge in [-0.05, 0) is 70.9 Å². The second kappa shape index (κ2) is 6.21. The third kappa shape index (κ3) is 2.88. The number of hydrogen-bond acceptors (Lipinski definition) is 4. The Hall–Kier alpha value is -1.46. The molecule has 23 heavy (non-hydrogen) atoms. The van der Waals surface area contributed by atoms with Crippen molar-refractivity contribution < 1.29 is 0 Å². The van der Waals surface area contributed by atoms with Gasteiger partial charge in [0.25, 0.3) is 0 Å². The van der Waals surface area contributed by atoms with Gasteiger partial charge in [0.2, 0.25) is 0 Å². The van der Waals surface area contributed by atoms with E-state index in [9.17, 15) is 0 Å². The fraction of sp³-hybridized carbons (Fsp3) is 0.667. The second-order valence-electron chi connectivity index (χ2n) is 7.34. The number of hydrogen-bond donors (Lipinski definition) is 0. The van der Waals surface area contributed by atoms with Gasteiger partial charge in [0.05, 0.1) is 6.04 Å². The quantitative estimate of drug-likeness (QED) is 0.873. The van der Waals surface area contributed by atoms with Gasteiger partial charge in [-0.2, -0.15) is 0 Å². The lowest BCUT2D eigenvalue weighted by Crippen LogP contribution is -2.34. The number of piperidine rings is 1. The molecule has 5 nitrogen and oxygen atoms in total. The third-order valence-electron chi connectivity index (χ3n) is 5.51. The van der Waals surface area contributed by atoms with E-state index in [2.05, 4.69) is 39.5 Å². The van der Waals surface area contributed by atoms with Crippen LogP contribution in [0.2, 0.25) is 0 Å². The van der Waals surface area contributed by atoms with E-state index in [1.807, 2.05) is 12.3 Å². The van der Waals surface area contributed by atoms with Crippen LogP contribution in [0.1, 0.15) is 37.5 Å². The molecule has 0 radical (unpaired) electrons. The molecule has 2 aromatic heterocycles. The van der Waals surface area contributed by atoms with Crippen molar-refractivity contribution in [3.8, 4) is 0 Å². The van der Waals surface area contributed by atoms with Gasteiger partial charge in [-0.15, -0.1) is 0 Å². The summed E-state index contributed by atoms with van der Waals surface area (Å²) in [7, 11) is 4.46. The number of fused-ring (bicyclic) bond motifs is 1. The number of nitrogens with zero attached hydrogens (tertiary/aromatic N) is 5. The van der Waals surface area contributed by atoms with Crippen molar-refractivity contribution in [2.45, 2.75) is 38.3 Å². The van der Waals surface area contributed by atoms with Gasteiger partial charge < -0.3 is 9.47 Å². The SMILES string of the molecule is CN1CCCC(Cn2c(C3CCCN3C)nc3cccnc32)C1. The van der Waals surface area contributed by atoms with E-state index in [0.29, 0.717) is 12.0 Å². The standard InChI is InChI=1S/C18H27N5/c1-21-10-4-6-14(12-21)13-23-17-15(7-3-9-19-17)20-18(23)16-8-5-11-22(16)2/h3,7,9,14,16H,4-6,8,10-13H2,1-2H3. The highest BCUT2D eigenvalue weighted by molar-refractivity contribution is 5.71. The summed E-state index contributed by atoms with van der Waals surface area (Å²) < 4.78 is 2.42. The molecule has 2 unspecified atom stereocenters. The minimum Gasteiger partial charge on any atom is -0.311 e. The highest BCUT2D eigenvalue weighted by atomic mass is 15.2. The third-order valence-corrected chi connectivity index (χ3v) is 5.51. The second-order valence-corrected chi connectivity index (χ2v) is 7.34. The Morgan fingerprint density at radius 1 is 1.17 bits per heavy atom. The summed E-state index contributed by atoms with van der Waals surface area (Å²) in [6, 6.07) is 4.55. The summed E-state index contributed by atoms with van der Waals surface area (Å²) in [4.78, 5) is 14.5. The zero-order chi connectivity index (χ0) is 15.8. The minimum absolute atomic E-state index is 0.450. The molecule has 0 aromatic carbocycles. The van der Waals surface area contributed by atoms with Crippen LogP contribution in [0.3, 0.4) is 0 Å². The molecule has 2 fully saturated rings. The summed E-state index contributed by atoms with van der Waals surface area (Å²) in [5, 5.41) is 0. The molecule has 0 saturated carbocycles. The van der Waals surface area contributed by atoms with E-state index < -0.39 is 0 Å². The van der Waals surface area contributed by atoms with Crippen LogP contribution in [-0.2, 0) is 6.54 Å². The molecule has 2 atom stereocenters. The first-order valence-corrected chi connectivity index (χ1v) is 8.92. The van der Waals surface area contributed by atoms with E-state index in [0.717, 1.165) is 17.7 Å². The van der Waals surface area contributed by atoms with Gasteiger partial charge in [0, 0.05) is 19.3 Å². The molecule has 4 rings (SSSR count). The molecule has 0 bridgehead atoms. The smallest absolute Gasteiger partial charge is 0.160 e. The summed E-state index contributed by atoms with van der Waals surface area (Å²) in [6.07, 6.45) is 7.00. The normalized spacial score (nSPS) is 27.0. The molecular weight excluding hydrogens is 286 g/mol. The molecule has 0 amide bonds. The summed E-state index contributed by atoms with van der Waals surface area (Å²) in [6.45, 7) is 4.65. The first-order valence-electron chi connectivity index (χ1n) is 8.92.